The van der Waals surface area contributed by atoms with E-state index in [2.05, 4.69) is 6.07 Å². The van der Waals surface area contributed by atoms with Crippen LogP contribution in [-0.2, 0) is 6.42 Å². The Balaban J connectivity index is 2.16. The molecular weight excluding hydrogens is 246 g/mol. The average Bonchev–Trinajstić information content (AvgIpc) is 2.90. The fourth-order valence-electron chi connectivity index (χ4n) is 2.12. The molecule has 0 saturated carbocycles. The molecule has 1 fully saturated rings. The van der Waals surface area contributed by atoms with Crippen LogP contribution in [0.4, 0.5) is 0 Å². The molecule has 1 aromatic rings. The molecule has 1 unspecified atom stereocenters. The van der Waals surface area contributed by atoms with E-state index in [1.54, 1.807) is 7.11 Å². The summed E-state index contributed by atoms with van der Waals surface area (Å²) in [5.74, 6) is 4.02. The van der Waals surface area contributed by atoms with Gasteiger partial charge >= 0.3 is 0 Å². The topological polar surface area (TPSA) is 44.5 Å². The van der Waals surface area contributed by atoms with Crippen LogP contribution in [0.5, 0.6) is 11.5 Å². The Morgan fingerprint density at radius 1 is 1.44 bits per heavy atom. The summed E-state index contributed by atoms with van der Waals surface area (Å²) in [6, 6.07) is 6.08. The second-order valence-corrected chi connectivity index (χ2v) is 5.59. The summed E-state index contributed by atoms with van der Waals surface area (Å²) in [7, 11) is 1.69. The summed E-state index contributed by atoms with van der Waals surface area (Å²) in [4.78, 5) is 0. The minimum atomic E-state index is 0.322. The largest absolute Gasteiger partial charge is 0.493 e. The number of hydrogen-bond acceptors (Lipinski definition) is 4. The molecular formula is C14H21NO2S. The van der Waals surface area contributed by atoms with E-state index in [0.717, 1.165) is 36.5 Å². The van der Waals surface area contributed by atoms with Gasteiger partial charge in [0.25, 0.3) is 0 Å². The van der Waals surface area contributed by atoms with Crippen LogP contribution in [0.3, 0.4) is 0 Å². The smallest absolute Gasteiger partial charge is 0.164 e. The third kappa shape index (κ3) is 3.33. The Morgan fingerprint density at radius 2 is 2.33 bits per heavy atom. The van der Waals surface area contributed by atoms with Crippen LogP contribution in [0.1, 0.15) is 18.4 Å². The van der Waals surface area contributed by atoms with E-state index in [9.17, 15) is 0 Å². The molecule has 0 spiro atoms. The van der Waals surface area contributed by atoms with Gasteiger partial charge in [-0.05, 0) is 43.2 Å². The first-order chi connectivity index (χ1) is 8.85. The Hall–Kier alpha value is -0.870. The summed E-state index contributed by atoms with van der Waals surface area (Å²) < 4.78 is 11.6. The molecule has 2 N–H and O–H groups in total. The summed E-state index contributed by atoms with van der Waals surface area (Å²) in [6.45, 7) is 0.704. The molecule has 0 aliphatic carbocycles. The predicted octanol–water partition coefficient (Wildman–Crippen LogP) is 2.47. The lowest BCUT2D eigenvalue weighted by atomic mass is 10.1. The molecule has 2 rings (SSSR count). The van der Waals surface area contributed by atoms with Gasteiger partial charge in [-0.15, -0.1) is 0 Å². The molecule has 1 atom stereocenters. The zero-order chi connectivity index (χ0) is 12.8. The van der Waals surface area contributed by atoms with E-state index in [0.29, 0.717) is 12.6 Å². The lowest BCUT2D eigenvalue weighted by Gasteiger charge is -2.18. The van der Waals surface area contributed by atoms with Crippen LogP contribution < -0.4 is 15.2 Å². The zero-order valence-electron chi connectivity index (χ0n) is 10.9. The van der Waals surface area contributed by atoms with Gasteiger partial charge in [0.1, 0.15) is 6.10 Å². The van der Waals surface area contributed by atoms with E-state index in [1.165, 1.54) is 11.3 Å². The number of nitrogens with two attached hydrogens (primary N) is 1. The normalized spacial score (nSPS) is 18.9. The molecule has 3 nitrogen and oxygen atoms in total. The SMILES string of the molecule is COc1cccc(CCCN)c1OC1CCSC1. The molecule has 18 heavy (non-hydrogen) atoms. The van der Waals surface area contributed by atoms with Crippen LogP contribution in [0.15, 0.2) is 18.2 Å². The van der Waals surface area contributed by atoms with Crippen molar-refractivity contribution in [3.8, 4) is 11.5 Å². The summed E-state index contributed by atoms with van der Waals surface area (Å²) in [5.41, 5.74) is 6.79. The number of rotatable bonds is 6. The lowest BCUT2D eigenvalue weighted by Crippen LogP contribution is -2.16. The highest BCUT2D eigenvalue weighted by molar-refractivity contribution is 7.99. The molecule has 0 radical (unpaired) electrons. The van der Waals surface area contributed by atoms with Gasteiger partial charge in [-0.3, -0.25) is 0 Å². The molecule has 0 amide bonds. The molecule has 100 valence electrons. The van der Waals surface area contributed by atoms with Crippen molar-refractivity contribution >= 4 is 11.8 Å². The predicted molar refractivity (Wildman–Crippen MR) is 76.7 cm³/mol. The molecule has 1 aliphatic rings. The molecule has 1 aliphatic heterocycles. The molecule has 1 saturated heterocycles. The van der Waals surface area contributed by atoms with E-state index in [4.69, 9.17) is 15.2 Å². The molecule has 0 bridgehead atoms. The van der Waals surface area contributed by atoms with Gasteiger partial charge < -0.3 is 15.2 Å². The maximum absolute atomic E-state index is 6.14. The van der Waals surface area contributed by atoms with Crippen molar-refractivity contribution in [3.05, 3.63) is 23.8 Å². The third-order valence-electron chi connectivity index (χ3n) is 3.10. The monoisotopic (exact) mass is 267 g/mol. The van der Waals surface area contributed by atoms with Crippen LogP contribution in [0.25, 0.3) is 0 Å². The van der Waals surface area contributed by atoms with E-state index < -0.39 is 0 Å². The summed E-state index contributed by atoms with van der Waals surface area (Å²) in [6.07, 6.45) is 3.37. The number of ether oxygens (including phenoxy) is 2. The Labute approximate surface area is 113 Å². The highest BCUT2D eigenvalue weighted by atomic mass is 32.2. The average molecular weight is 267 g/mol. The first-order valence-corrected chi connectivity index (χ1v) is 7.61. The number of methoxy groups -OCH3 is 1. The van der Waals surface area contributed by atoms with Crippen molar-refractivity contribution in [2.45, 2.75) is 25.4 Å². The van der Waals surface area contributed by atoms with Gasteiger partial charge in [0.05, 0.1) is 7.11 Å². The van der Waals surface area contributed by atoms with Crippen molar-refractivity contribution in [1.82, 2.24) is 0 Å². The number of hydrogen-bond donors (Lipinski definition) is 1. The Bertz CT molecular complexity index is 378. The minimum absolute atomic E-state index is 0.322. The van der Waals surface area contributed by atoms with Gasteiger partial charge in [-0.25, -0.2) is 0 Å². The van der Waals surface area contributed by atoms with Crippen molar-refractivity contribution in [2.75, 3.05) is 25.2 Å². The standard InChI is InChI=1S/C14H21NO2S/c1-16-13-6-2-4-11(5-3-8-15)14(13)17-12-7-9-18-10-12/h2,4,6,12H,3,5,7-10,15H2,1H3. The Kier molecular flexibility index (Phi) is 5.20. The van der Waals surface area contributed by atoms with E-state index in [1.807, 2.05) is 23.9 Å². The van der Waals surface area contributed by atoms with Crippen molar-refractivity contribution < 1.29 is 9.47 Å². The van der Waals surface area contributed by atoms with Crippen molar-refractivity contribution in [2.24, 2.45) is 5.73 Å². The van der Waals surface area contributed by atoms with Gasteiger partial charge in [-0.1, -0.05) is 12.1 Å². The fourth-order valence-corrected chi connectivity index (χ4v) is 3.21. The fraction of sp³-hybridized carbons (Fsp3) is 0.571. The van der Waals surface area contributed by atoms with Gasteiger partial charge in [0, 0.05) is 5.75 Å². The van der Waals surface area contributed by atoms with Gasteiger partial charge in [-0.2, -0.15) is 11.8 Å². The number of aryl methyl sites for hydroxylation is 1. The quantitative estimate of drug-likeness (QED) is 0.860. The van der Waals surface area contributed by atoms with Crippen molar-refractivity contribution in [1.29, 1.82) is 0 Å². The molecule has 1 heterocycles. The van der Waals surface area contributed by atoms with E-state index >= 15 is 0 Å². The van der Waals surface area contributed by atoms with Crippen LogP contribution >= 0.6 is 11.8 Å². The van der Waals surface area contributed by atoms with E-state index in [-0.39, 0.29) is 0 Å². The molecule has 0 aromatic heterocycles. The maximum atomic E-state index is 6.14. The van der Waals surface area contributed by atoms with Gasteiger partial charge in [0.2, 0.25) is 0 Å². The van der Waals surface area contributed by atoms with Crippen LogP contribution in [-0.4, -0.2) is 31.3 Å². The van der Waals surface area contributed by atoms with Gasteiger partial charge in [0.15, 0.2) is 11.5 Å². The lowest BCUT2D eigenvalue weighted by molar-refractivity contribution is 0.216. The number of para-hydroxylation sites is 1. The first kappa shape index (κ1) is 13.6. The molecule has 4 heteroatoms. The second-order valence-electron chi connectivity index (χ2n) is 4.44. The van der Waals surface area contributed by atoms with Crippen LogP contribution in [0.2, 0.25) is 0 Å². The third-order valence-corrected chi connectivity index (χ3v) is 4.23. The highest BCUT2D eigenvalue weighted by Gasteiger charge is 2.20. The maximum Gasteiger partial charge on any atom is 0.164 e. The summed E-state index contributed by atoms with van der Waals surface area (Å²) in [5, 5.41) is 0. The van der Waals surface area contributed by atoms with Crippen LogP contribution in [0, 0.1) is 0 Å². The Morgan fingerprint density at radius 3 is 3.00 bits per heavy atom. The highest BCUT2D eigenvalue weighted by Crippen LogP contribution is 2.34. The van der Waals surface area contributed by atoms with Crippen molar-refractivity contribution in [3.63, 3.8) is 0 Å². The second kappa shape index (κ2) is 6.90. The zero-order valence-corrected chi connectivity index (χ0v) is 11.7. The summed E-state index contributed by atoms with van der Waals surface area (Å²) >= 11 is 1.95. The first-order valence-electron chi connectivity index (χ1n) is 6.45. The minimum Gasteiger partial charge on any atom is -0.493 e. The number of benzene rings is 1. The molecule has 1 aromatic carbocycles. The number of thioether (sulfide) groups is 1.